The third-order valence-corrected chi connectivity index (χ3v) is 5.98. The van der Waals surface area contributed by atoms with Crippen LogP contribution in [0.3, 0.4) is 0 Å². The zero-order valence-corrected chi connectivity index (χ0v) is 17.3. The Labute approximate surface area is 183 Å². The predicted octanol–water partition coefficient (Wildman–Crippen LogP) is 0.431. The average molecular weight is 447 g/mol. The lowest BCUT2D eigenvalue weighted by molar-refractivity contribution is -0.157. The summed E-state index contributed by atoms with van der Waals surface area (Å²) < 4.78 is 16.9. The lowest BCUT2D eigenvalue weighted by Gasteiger charge is -2.26. The van der Waals surface area contributed by atoms with Crippen LogP contribution in [0.4, 0.5) is 10.6 Å². The third-order valence-electron chi connectivity index (χ3n) is 5.98. The standard InChI is InChI=1S/C21H25N3O8/c1-2-11-10-24(20(28)22-18(11)23-21(29)31-13-7-4-8-13)19-17(27)16(26)14(32-19)9-15(25)30-12-5-3-6-12/h1,10,12-14,16-17,19,26-27H,3-9H2,(H,22,23,28,29)/t14-,16-,17-,19-/m1/s1. The minimum atomic E-state index is -1.51. The number of amides is 1. The van der Waals surface area contributed by atoms with Gasteiger partial charge in [-0.1, -0.05) is 5.92 Å². The van der Waals surface area contributed by atoms with Crippen molar-refractivity contribution in [2.45, 2.75) is 81.7 Å². The van der Waals surface area contributed by atoms with E-state index in [2.05, 4.69) is 16.2 Å². The summed E-state index contributed by atoms with van der Waals surface area (Å²) in [7, 11) is 0. The molecule has 2 saturated carbocycles. The van der Waals surface area contributed by atoms with Crippen LogP contribution in [-0.4, -0.2) is 62.3 Å². The quantitative estimate of drug-likeness (QED) is 0.417. The number of hydrogen-bond acceptors (Lipinski definition) is 9. The molecule has 0 unspecified atom stereocenters. The van der Waals surface area contributed by atoms with Gasteiger partial charge in [0.1, 0.15) is 24.4 Å². The topological polar surface area (TPSA) is 149 Å². The van der Waals surface area contributed by atoms with E-state index in [1.807, 2.05) is 0 Å². The second-order valence-electron chi connectivity index (χ2n) is 8.21. The van der Waals surface area contributed by atoms with Crippen LogP contribution in [0.15, 0.2) is 11.0 Å². The van der Waals surface area contributed by atoms with Crippen LogP contribution in [0.5, 0.6) is 0 Å². The largest absolute Gasteiger partial charge is 0.462 e. The molecule has 3 aliphatic rings. The number of carbonyl (C=O) groups is 2. The zero-order chi connectivity index (χ0) is 22.8. The molecule has 0 aromatic carbocycles. The van der Waals surface area contributed by atoms with E-state index in [4.69, 9.17) is 20.6 Å². The molecule has 11 heteroatoms. The Balaban J connectivity index is 1.45. The maximum absolute atomic E-state index is 12.6. The van der Waals surface area contributed by atoms with Crippen molar-refractivity contribution in [3.8, 4) is 12.3 Å². The predicted molar refractivity (Wildman–Crippen MR) is 108 cm³/mol. The van der Waals surface area contributed by atoms with Crippen molar-refractivity contribution in [2.24, 2.45) is 0 Å². The molecule has 1 saturated heterocycles. The van der Waals surface area contributed by atoms with Crippen LogP contribution in [0, 0.1) is 12.3 Å². The number of rotatable bonds is 6. The van der Waals surface area contributed by atoms with E-state index in [9.17, 15) is 24.6 Å². The molecule has 1 aliphatic heterocycles. The summed E-state index contributed by atoms with van der Waals surface area (Å²) in [4.78, 5) is 40.4. The molecule has 4 atom stereocenters. The highest BCUT2D eigenvalue weighted by Gasteiger charge is 2.45. The highest BCUT2D eigenvalue weighted by molar-refractivity contribution is 5.85. The summed E-state index contributed by atoms with van der Waals surface area (Å²) in [5.74, 6) is 1.60. The summed E-state index contributed by atoms with van der Waals surface area (Å²) in [6.45, 7) is 0. The first-order valence-electron chi connectivity index (χ1n) is 10.6. The third kappa shape index (κ3) is 4.62. The van der Waals surface area contributed by atoms with Gasteiger partial charge in [-0.3, -0.25) is 14.7 Å². The van der Waals surface area contributed by atoms with Crippen molar-refractivity contribution in [1.29, 1.82) is 0 Å². The highest BCUT2D eigenvalue weighted by atomic mass is 16.6. The first-order valence-corrected chi connectivity index (χ1v) is 10.6. The molecule has 32 heavy (non-hydrogen) atoms. The molecule has 2 heterocycles. The Bertz CT molecular complexity index is 978. The van der Waals surface area contributed by atoms with E-state index in [1.165, 1.54) is 6.20 Å². The number of esters is 1. The molecule has 4 rings (SSSR count). The van der Waals surface area contributed by atoms with Gasteiger partial charge in [-0.05, 0) is 38.5 Å². The second kappa shape index (κ2) is 9.28. The number of aliphatic hydroxyl groups is 2. The second-order valence-corrected chi connectivity index (χ2v) is 8.21. The van der Waals surface area contributed by atoms with Crippen LogP contribution in [-0.2, 0) is 19.0 Å². The number of nitrogens with zero attached hydrogens (tertiary/aromatic N) is 2. The van der Waals surface area contributed by atoms with Crippen LogP contribution < -0.4 is 11.0 Å². The van der Waals surface area contributed by atoms with Crippen molar-refractivity contribution < 1.29 is 34.0 Å². The first kappa shape index (κ1) is 22.3. The van der Waals surface area contributed by atoms with Crippen LogP contribution in [0.25, 0.3) is 0 Å². The average Bonchev–Trinajstić information content (AvgIpc) is 2.96. The number of carbonyl (C=O) groups excluding carboxylic acids is 2. The summed E-state index contributed by atoms with van der Waals surface area (Å²) in [6, 6.07) is 0. The van der Waals surface area contributed by atoms with Gasteiger partial charge in [-0.2, -0.15) is 4.98 Å². The summed E-state index contributed by atoms with van der Waals surface area (Å²) in [5.41, 5.74) is -0.829. The lowest BCUT2D eigenvalue weighted by Crippen LogP contribution is -2.37. The van der Waals surface area contributed by atoms with E-state index >= 15 is 0 Å². The van der Waals surface area contributed by atoms with Crippen molar-refractivity contribution >= 4 is 17.9 Å². The molecular formula is C21H25N3O8. The van der Waals surface area contributed by atoms with Gasteiger partial charge in [0.05, 0.1) is 18.1 Å². The summed E-state index contributed by atoms with van der Waals surface area (Å²) in [6.07, 6.45) is 5.15. The van der Waals surface area contributed by atoms with E-state index < -0.39 is 42.3 Å². The molecule has 11 nitrogen and oxygen atoms in total. The Morgan fingerprint density at radius 3 is 2.44 bits per heavy atom. The number of hydrogen-bond donors (Lipinski definition) is 3. The number of nitrogens with one attached hydrogen (secondary N) is 1. The fourth-order valence-electron chi connectivity index (χ4n) is 3.63. The van der Waals surface area contributed by atoms with E-state index in [0.717, 1.165) is 43.1 Å². The highest BCUT2D eigenvalue weighted by Crippen LogP contribution is 2.32. The maximum Gasteiger partial charge on any atom is 0.413 e. The van der Waals surface area contributed by atoms with Crippen LogP contribution in [0.2, 0.25) is 0 Å². The Kier molecular flexibility index (Phi) is 6.45. The van der Waals surface area contributed by atoms with Gasteiger partial charge in [0.25, 0.3) is 0 Å². The molecule has 1 aromatic rings. The first-order chi connectivity index (χ1) is 15.4. The number of terminal acetylenes is 1. The van der Waals surface area contributed by atoms with Gasteiger partial charge in [0, 0.05) is 6.20 Å². The Morgan fingerprint density at radius 2 is 1.84 bits per heavy atom. The maximum atomic E-state index is 12.6. The molecule has 3 fully saturated rings. The normalized spacial score (nSPS) is 27.7. The van der Waals surface area contributed by atoms with E-state index in [1.54, 1.807) is 0 Å². The monoisotopic (exact) mass is 447 g/mol. The molecule has 1 aromatic heterocycles. The molecule has 0 radical (unpaired) electrons. The SMILES string of the molecule is C#Cc1cn([C@@H]2O[C@H](CC(=O)OC3CCC3)[C@@H](O)[C@H]2O)c(=O)nc1NC(=O)OC1CCC1. The number of anilines is 1. The molecule has 3 N–H and O–H groups in total. The molecule has 0 spiro atoms. The summed E-state index contributed by atoms with van der Waals surface area (Å²) in [5, 5.41) is 23.1. The van der Waals surface area contributed by atoms with Gasteiger partial charge in [-0.25, -0.2) is 9.59 Å². The zero-order valence-electron chi connectivity index (χ0n) is 17.3. The number of aliphatic hydroxyl groups excluding tert-OH is 2. The minimum Gasteiger partial charge on any atom is -0.462 e. The smallest absolute Gasteiger partial charge is 0.413 e. The van der Waals surface area contributed by atoms with E-state index in [-0.39, 0.29) is 30.0 Å². The fourth-order valence-corrected chi connectivity index (χ4v) is 3.63. The minimum absolute atomic E-state index is 0.0493. The number of ether oxygens (including phenoxy) is 3. The molecule has 2 aliphatic carbocycles. The van der Waals surface area contributed by atoms with E-state index in [0.29, 0.717) is 0 Å². The van der Waals surface area contributed by atoms with Crippen molar-refractivity contribution in [1.82, 2.24) is 9.55 Å². The van der Waals surface area contributed by atoms with Crippen LogP contribution >= 0.6 is 0 Å². The van der Waals surface area contributed by atoms with Gasteiger partial charge in [0.2, 0.25) is 0 Å². The lowest BCUT2D eigenvalue weighted by atomic mass is 9.96. The van der Waals surface area contributed by atoms with Crippen molar-refractivity contribution in [2.75, 3.05) is 5.32 Å². The Morgan fingerprint density at radius 1 is 1.19 bits per heavy atom. The van der Waals surface area contributed by atoms with Crippen LogP contribution in [0.1, 0.15) is 56.7 Å². The molecule has 0 bridgehead atoms. The molecular weight excluding hydrogens is 422 g/mol. The van der Waals surface area contributed by atoms with Gasteiger partial charge >= 0.3 is 17.8 Å². The molecule has 172 valence electrons. The number of aromatic nitrogens is 2. The van der Waals surface area contributed by atoms with Gasteiger partial charge < -0.3 is 24.4 Å². The van der Waals surface area contributed by atoms with Gasteiger partial charge in [0.15, 0.2) is 12.0 Å². The Hall–Kier alpha value is -2.94. The summed E-state index contributed by atoms with van der Waals surface area (Å²) >= 11 is 0. The van der Waals surface area contributed by atoms with Crippen molar-refractivity contribution in [3.63, 3.8) is 0 Å². The van der Waals surface area contributed by atoms with Gasteiger partial charge in [-0.15, -0.1) is 6.42 Å². The fraction of sp³-hybridized carbons (Fsp3) is 0.619. The molecule has 1 amide bonds. The van der Waals surface area contributed by atoms with Crippen molar-refractivity contribution in [3.05, 3.63) is 22.2 Å².